The fourth-order valence-electron chi connectivity index (χ4n) is 1.37. The van der Waals surface area contributed by atoms with E-state index < -0.39 is 44.8 Å². The summed E-state index contributed by atoms with van der Waals surface area (Å²) in [7, 11) is 0. The van der Waals surface area contributed by atoms with Crippen molar-refractivity contribution in [3.05, 3.63) is 33.9 Å². The zero-order chi connectivity index (χ0) is 16.6. The van der Waals surface area contributed by atoms with Gasteiger partial charge in [-0.05, 0) is 33.8 Å². The molecule has 0 aromatic heterocycles. The van der Waals surface area contributed by atoms with Crippen molar-refractivity contribution in [1.29, 1.82) is 0 Å². The van der Waals surface area contributed by atoms with Gasteiger partial charge in [-0.25, -0.2) is 8.78 Å². The van der Waals surface area contributed by atoms with Crippen molar-refractivity contribution < 1.29 is 18.5 Å². The van der Waals surface area contributed by atoms with E-state index >= 15 is 0 Å². The highest BCUT2D eigenvalue weighted by Gasteiger charge is 2.41. The van der Waals surface area contributed by atoms with Gasteiger partial charge in [0.05, 0.1) is 10.3 Å². The first-order chi connectivity index (χ1) is 9.39. The number of rotatable bonds is 4. The minimum Gasteiger partial charge on any atom is -0.325 e. The first-order valence-corrected chi connectivity index (χ1v) is 6.12. The van der Waals surface area contributed by atoms with Crippen molar-refractivity contribution in [2.45, 2.75) is 33.2 Å². The van der Waals surface area contributed by atoms with E-state index in [0.29, 0.717) is 6.07 Å². The molecule has 0 aliphatic heterocycles. The van der Waals surface area contributed by atoms with Gasteiger partial charge in [0.15, 0.2) is 17.3 Å². The number of halogens is 2. The van der Waals surface area contributed by atoms with Crippen LogP contribution in [0.2, 0.25) is 0 Å². The molecule has 0 aliphatic rings. The lowest BCUT2D eigenvalue weighted by Crippen LogP contribution is -2.53. The largest absolute Gasteiger partial charge is 0.325 e. The highest BCUT2D eigenvalue weighted by atomic mass is 19.2. The van der Waals surface area contributed by atoms with Gasteiger partial charge in [0.25, 0.3) is 5.69 Å². The van der Waals surface area contributed by atoms with Gasteiger partial charge in [-0.3, -0.25) is 14.9 Å². The number of hydrogen-bond donors (Lipinski definition) is 2. The Kier molecular flexibility index (Phi) is 4.33. The number of carbonyl (C=O) groups is 1. The third-order valence-corrected chi connectivity index (χ3v) is 3.69. The summed E-state index contributed by atoms with van der Waals surface area (Å²) in [6.07, 6.45) is 0. The summed E-state index contributed by atoms with van der Waals surface area (Å²) in [5, 5.41) is 12.9. The van der Waals surface area contributed by atoms with Crippen molar-refractivity contribution in [2.24, 2.45) is 11.1 Å². The zero-order valence-electron chi connectivity index (χ0n) is 12.2. The Hall–Kier alpha value is -2.09. The Balaban J connectivity index is 3.28. The third-order valence-electron chi connectivity index (χ3n) is 3.69. The molecule has 0 spiro atoms. The van der Waals surface area contributed by atoms with Crippen LogP contribution in [0.4, 0.5) is 20.2 Å². The zero-order valence-corrected chi connectivity index (χ0v) is 12.2. The summed E-state index contributed by atoms with van der Waals surface area (Å²) >= 11 is 0. The van der Waals surface area contributed by atoms with Crippen LogP contribution in [-0.2, 0) is 4.79 Å². The van der Waals surface area contributed by atoms with Crippen molar-refractivity contribution in [3.63, 3.8) is 0 Å². The second kappa shape index (κ2) is 5.36. The van der Waals surface area contributed by atoms with E-state index in [9.17, 15) is 23.7 Å². The van der Waals surface area contributed by atoms with Crippen LogP contribution in [0.5, 0.6) is 0 Å². The monoisotopic (exact) mass is 301 g/mol. The molecule has 3 N–H and O–H groups in total. The van der Waals surface area contributed by atoms with Crippen LogP contribution in [0.15, 0.2) is 12.1 Å². The third kappa shape index (κ3) is 3.15. The Bertz CT molecular complexity index is 595. The topological polar surface area (TPSA) is 98.3 Å². The Morgan fingerprint density at radius 3 is 2.24 bits per heavy atom. The Morgan fingerprint density at radius 2 is 1.81 bits per heavy atom. The number of hydrogen-bond acceptors (Lipinski definition) is 4. The van der Waals surface area contributed by atoms with Gasteiger partial charge in [-0.2, -0.15) is 0 Å². The highest BCUT2D eigenvalue weighted by Crippen LogP contribution is 2.34. The summed E-state index contributed by atoms with van der Waals surface area (Å²) in [4.78, 5) is 22.2. The molecule has 0 radical (unpaired) electrons. The summed E-state index contributed by atoms with van der Waals surface area (Å²) < 4.78 is 27.0. The van der Waals surface area contributed by atoms with Crippen LogP contribution in [0.1, 0.15) is 27.7 Å². The number of amides is 1. The molecule has 0 saturated heterocycles. The lowest BCUT2D eigenvalue weighted by molar-refractivity contribution is -0.384. The Morgan fingerprint density at radius 1 is 1.29 bits per heavy atom. The second-order valence-electron chi connectivity index (χ2n) is 5.81. The minimum absolute atomic E-state index is 0.626. The lowest BCUT2D eigenvalue weighted by Gasteiger charge is -2.36. The first-order valence-electron chi connectivity index (χ1n) is 6.12. The average Bonchev–Trinajstić information content (AvgIpc) is 2.33. The average molecular weight is 301 g/mol. The fraction of sp³-hybridized carbons (Fsp3) is 0.462. The molecule has 1 aromatic rings. The second-order valence-corrected chi connectivity index (χ2v) is 5.81. The number of nitrogens with one attached hydrogen (secondary N) is 1. The van der Waals surface area contributed by atoms with Crippen LogP contribution in [0, 0.1) is 27.2 Å². The molecular formula is C13H17F2N3O3. The molecule has 0 bridgehead atoms. The van der Waals surface area contributed by atoms with E-state index in [1.807, 2.05) is 0 Å². The van der Waals surface area contributed by atoms with Gasteiger partial charge >= 0.3 is 0 Å². The van der Waals surface area contributed by atoms with Gasteiger partial charge in [0, 0.05) is 11.6 Å². The molecule has 0 unspecified atom stereocenters. The lowest BCUT2D eigenvalue weighted by atomic mass is 9.74. The van der Waals surface area contributed by atoms with Crippen LogP contribution in [0.3, 0.4) is 0 Å². The van der Waals surface area contributed by atoms with Gasteiger partial charge in [-0.1, -0.05) is 0 Å². The molecule has 6 nitrogen and oxygen atoms in total. The summed E-state index contributed by atoms with van der Waals surface area (Å²) in [6.45, 7) is 6.18. The van der Waals surface area contributed by atoms with Crippen molar-refractivity contribution in [3.8, 4) is 0 Å². The number of nitro benzene ring substituents is 1. The maximum atomic E-state index is 13.7. The van der Waals surface area contributed by atoms with Crippen molar-refractivity contribution in [2.75, 3.05) is 5.32 Å². The number of nitrogens with two attached hydrogens (primary N) is 1. The SMILES string of the molecule is CC(C)(N)C(C)(C)C(=O)Nc1c([N+](=O)[O-])ccc(F)c1F. The molecule has 8 heteroatoms. The molecule has 0 atom stereocenters. The van der Waals surface area contributed by atoms with Gasteiger partial charge in [-0.15, -0.1) is 0 Å². The predicted molar refractivity (Wildman–Crippen MR) is 73.7 cm³/mol. The van der Waals surface area contributed by atoms with Crippen LogP contribution in [0.25, 0.3) is 0 Å². The molecule has 0 heterocycles. The molecule has 21 heavy (non-hydrogen) atoms. The molecular weight excluding hydrogens is 284 g/mol. The van der Waals surface area contributed by atoms with Gasteiger partial charge in [0.2, 0.25) is 5.91 Å². The molecule has 1 aromatic carbocycles. The van der Waals surface area contributed by atoms with Gasteiger partial charge in [0.1, 0.15) is 0 Å². The van der Waals surface area contributed by atoms with Crippen LogP contribution in [-0.4, -0.2) is 16.4 Å². The molecule has 0 fully saturated rings. The molecule has 1 rings (SSSR count). The van der Waals surface area contributed by atoms with Crippen LogP contribution < -0.4 is 11.1 Å². The first kappa shape index (κ1) is 17.0. The number of anilines is 1. The van der Waals surface area contributed by atoms with E-state index in [4.69, 9.17) is 5.73 Å². The summed E-state index contributed by atoms with van der Waals surface area (Å²) in [5.74, 6) is -3.52. The van der Waals surface area contributed by atoms with Gasteiger partial charge < -0.3 is 11.1 Å². The standard InChI is InChI=1S/C13H17F2N3O3/c1-12(2,13(3,4)16)11(19)17-10-8(18(20)21)6-5-7(14)9(10)15/h5-6H,16H2,1-4H3,(H,17,19). The quantitative estimate of drug-likeness (QED) is 0.659. The van der Waals surface area contributed by atoms with Crippen molar-refractivity contribution in [1.82, 2.24) is 0 Å². The normalized spacial score (nSPS) is 12.1. The molecule has 116 valence electrons. The van der Waals surface area contributed by atoms with E-state index in [1.165, 1.54) is 13.8 Å². The van der Waals surface area contributed by atoms with E-state index in [0.717, 1.165) is 6.07 Å². The van der Waals surface area contributed by atoms with Crippen LogP contribution >= 0.6 is 0 Å². The fourth-order valence-corrected chi connectivity index (χ4v) is 1.37. The maximum absolute atomic E-state index is 13.7. The number of nitrogens with zero attached hydrogens (tertiary/aromatic N) is 1. The molecule has 0 saturated carbocycles. The molecule has 1 amide bonds. The smallest absolute Gasteiger partial charge is 0.296 e. The highest BCUT2D eigenvalue weighted by molar-refractivity contribution is 5.97. The molecule has 0 aliphatic carbocycles. The number of carbonyl (C=O) groups excluding carboxylic acids is 1. The van der Waals surface area contributed by atoms with E-state index in [1.54, 1.807) is 13.8 Å². The maximum Gasteiger partial charge on any atom is 0.296 e. The van der Waals surface area contributed by atoms with E-state index in [-0.39, 0.29) is 0 Å². The number of nitro groups is 1. The number of benzene rings is 1. The van der Waals surface area contributed by atoms with E-state index in [2.05, 4.69) is 5.32 Å². The summed E-state index contributed by atoms with van der Waals surface area (Å²) in [6, 6.07) is 1.41. The Labute approximate surface area is 120 Å². The van der Waals surface area contributed by atoms with Crippen molar-refractivity contribution >= 4 is 17.3 Å². The summed E-state index contributed by atoms with van der Waals surface area (Å²) in [5.41, 5.74) is 2.20. The minimum atomic E-state index is -1.48. The predicted octanol–water partition coefficient (Wildman–Crippen LogP) is 2.58.